The largest absolute Gasteiger partial charge is 0.379 e. The Morgan fingerprint density at radius 2 is 2.40 bits per heavy atom. The van der Waals surface area contributed by atoms with E-state index in [1.165, 1.54) is 0 Å². The Bertz CT molecular complexity index is 182. The summed E-state index contributed by atoms with van der Waals surface area (Å²) in [6, 6.07) is 0. The quantitative estimate of drug-likeness (QED) is 0.495. The smallest absolute Gasteiger partial charge is 0.0880 e. The van der Waals surface area contributed by atoms with Crippen molar-refractivity contribution >= 4 is 0 Å². The maximum atomic E-state index is 5.51. The molecule has 1 aliphatic heterocycles. The lowest BCUT2D eigenvalue weighted by atomic mass is 10.2. The van der Waals surface area contributed by atoms with Crippen molar-refractivity contribution in [3.8, 4) is 0 Å². The molecular weight excluding hydrogens is 190 g/mol. The van der Waals surface area contributed by atoms with Crippen molar-refractivity contribution in [3.63, 3.8) is 0 Å². The van der Waals surface area contributed by atoms with Crippen LogP contribution in [0, 0.1) is 0 Å². The summed E-state index contributed by atoms with van der Waals surface area (Å²) in [5.74, 6) is 0. The summed E-state index contributed by atoms with van der Waals surface area (Å²) < 4.78 is 11.0. The average Bonchev–Trinajstić information content (AvgIpc) is 2.24. The van der Waals surface area contributed by atoms with Crippen LogP contribution in [0.5, 0.6) is 0 Å². The fourth-order valence-corrected chi connectivity index (χ4v) is 1.68. The van der Waals surface area contributed by atoms with Crippen molar-refractivity contribution in [1.82, 2.24) is 4.90 Å². The summed E-state index contributed by atoms with van der Waals surface area (Å²) in [6.07, 6.45) is 3.54. The van der Waals surface area contributed by atoms with Crippen LogP contribution in [0.15, 0.2) is 12.7 Å². The van der Waals surface area contributed by atoms with Gasteiger partial charge < -0.3 is 9.47 Å². The van der Waals surface area contributed by atoms with Gasteiger partial charge in [-0.3, -0.25) is 4.90 Å². The van der Waals surface area contributed by atoms with Crippen molar-refractivity contribution in [2.24, 2.45) is 0 Å². The molecule has 1 heterocycles. The first-order valence-corrected chi connectivity index (χ1v) is 5.80. The molecule has 15 heavy (non-hydrogen) atoms. The number of hydrogen-bond acceptors (Lipinski definition) is 3. The van der Waals surface area contributed by atoms with Crippen molar-refractivity contribution in [2.75, 3.05) is 32.8 Å². The predicted molar refractivity (Wildman–Crippen MR) is 62.1 cm³/mol. The lowest BCUT2D eigenvalue weighted by Gasteiger charge is -2.31. The highest BCUT2D eigenvalue weighted by molar-refractivity contribution is 4.85. The molecule has 1 saturated heterocycles. The van der Waals surface area contributed by atoms with Crippen LogP contribution < -0.4 is 0 Å². The van der Waals surface area contributed by atoms with E-state index in [1.54, 1.807) is 0 Å². The Morgan fingerprint density at radius 1 is 1.60 bits per heavy atom. The normalized spacial score (nSPS) is 23.3. The molecule has 1 rings (SSSR count). The number of ether oxygens (including phenoxy) is 2. The monoisotopic (exact) mass is 213 g/mol. The molecule has 0 amide bonds. The molecule has 0 aromatic heterocycles. The lowest BCUT2D eigenvalue weighted by molar-refractivity contribution is -0.00825. The Morgan fingerprint density at radius 3 is 3.07 bits per heavy atom. The lowest BCUT2D eigenvalue weighted by Crippen LogP contribution is -2.42. The summed E-state index contributed by atoms with van der Waals surface area (Å²) in [7, 11) is 0. The van der Waals surface area contributed by atoms with Crippen molar-refractivity contribution in [3.05, 3.63) is 12.7 Å². The molecule has 0 N–H and O–H groups in total. The number of morpholine rings is 1. The minimum atomic E-state index is 0.213. The molecule has 0 unspecified atom stereocenters. The number of hydrogen-bond donors (Lipinski definition) is 0. The first-order valence-electron chi connectivity index (χ1n) is 5.80. The Balaban J connectivity index is 2.07. The van der Waals surface area contributed by atoms with Crippen molar-refractivity contribution in [1.29, 1.82) is 0 Å². The molecule has 1 fully saturated rings. The zero-order chi connectivity index (χ0) is 11.1. The predicted octanol–water partition coefficient (Wildman–Crippen LogP) is 1.69. The van der Waals surface area contributed by atoms with E-state index in [2.05, 4.69) is 25.3 Å². The molecule has 0 saturated carbocycles. The van der Waals surface area contributed by atoms with Crippen LogP contribution in [0.2, 0.25) is 0 Å². The summed E-state index contributed by atoms with van der Waals surface area (Å²) in [6.45, 7) is 12.7. The van der Waals surface area contributed by atoms with Gasteiger partial charge in [0.1, 0.15) is 0 Å². The van der Waals surface area contributed by atoms with Crippen LogP contribution in [0.25, 0.3) is 0 Å². The van der Waals surface area contributed by atoms with Gasteiger partial charge >= 0.3 is 0 Å². The van der Waals surface area contributed by atoms with Gasteiger partial charge in [0, 0.05) is 26.2 Å². The third-order valence-corrected chi connectivity index (χ3v) is 2.51. The van der Waals surface area contributed by atoms with Gasteiger partial charge in [-0.2, -0.15) is 0 Å². The first kappa shape index (κ1) is 12.7. The zero-order valence-corrected chi connectivity index (χ0v) is 9.95. The number of nitrogens with zero attached hydrogens (tertiary/aromatic N) is 1. The van der Waals surface area contributed by atoms with Crippen molar-refractivity contribution in [2.45, 2.75) is 32.5 Å². The molecule has 1 atom stereocenters. The number of rotatable bonds is 6. The topological polar surface area (TPSA) is 21.7 Å². The van der Waals surface area contributed by atoms with E-state index in [4.69, 9.17) is 9.47 Å². The van der Waals surface area contributed by atoms with Gasteiger partial charge in [0.2, 0.25) is 0 Å². The van der Waals surface area contributed by atoms with Crippen LogP contribution in [0.4, 0.5) is 0 Å². The van der Waals surface area contributed by atoms with Gasteiger partial charge in [-0.1, -0.05) is 6.08 Å². The highest BCUT2D eigenvalue weighted by Crippen LogP contribution is 2.06. The molecule has 3 heteroatoms. The van der Waals surface area contributed by atoms with Gasteiger partial charge in [0.05, 0.1) is 18.8 Å². The van der Waals surface area contributed by atoms with E-state index in [0.29, 0.717) is 6.10 Å². The molecule has 0 aliphatic carbocycles. The van der Waals surface area contributed by atoms with E-state index >= 15 is 0 Å². The Labute approximate surface area is 93.0 Å². The standard InChI is InChI=1S/C12H23NO2/c1-4-12-10-13(7-9-15-12)6-5-8-14-11(2)3/h4,11-12H,1,5-10H2,2-3H3/t12-/m0/s1. The molecule has 0 radical (unpaired) electrons. The first-order chi connectivity index (χ1) is 7.22. The Hall–Kier alpha value is -0.380. The summed E-state index contributed by atoms with van der Waals surface area (Å²) >= 11 is 0. The third kappa shape index (κ3) is 5.30. The van der Waals surface area contributed by atoms with Gasteiger partial charge in [-0.05, 0) is 20.3 Å². The molecule has 0 bridgehead atoms. The van der Waals surface area contributed by atoms with Crippen LogP contribution in [-0.2, 0) is 9.47 Å². The molecule has 88 valence electrons. The SMILES string of the molecule is C=C[C@H]1CN(CCCOC(C)C)CCO1. The van der Waals surface area contributed by atoms with Gasteiger partial charge in [-0.25, -0.2) is 0 Å². The minimum Gasteiger partial charge on any atom is -0.379 e. The van der Waals surface area contributed by atoms with Gasteiger partial charge in [0.15, 0.2) is 0 Å². The molecule has 1 aliphatic rings. The summed E-state index contributed by atoms with van der Waals surface area (Å²) in [4.78, 5) is 2.42. The van der Waals surface area contributed by atoms with Crippen LogP contribution >= 0.6 is 0 Å². The maximum absolute atomic E-state index is 5.51. The fraction of sp³-hybridized carbons (Fsp3) is 0.833. The van der Waals surface area contributed by atoms with Crippen molar-refractivity contribution < 1.29 is 9.47 Å². The van der Waals surface area contributed by atoms with E-state index < -0.39 is 0 Å². The second-order valence-corrected chi connectivity index (χ2v) is 4.22. The molecule has 0 spiro atoms. The van der Waals surface area contributed by atoms with E-state index in [9.17, 15) is 0 Å². The molecular formula is C12H23NO2. The van der Waals surface area contributed by atoms with Crippen LogP contribution in [-0.4, -0.2) is 50.0 Å². The zero-order valence-electron chi connectivity index (χ0n) is 9.95. The van der Waals surface area contributed by atoms with Gasteiger partial charge in [-0.15, -0.1) is 6.58 Å². The van der Waals surface area contributed by atoms with Gasteiger partial charge in [0.25, 0.3) is 0 Å². The summed E-state index contributed by atoms with van der Waals surface area (Å²) in [5.41, 5.74) is 0. The maximum Gasteiger partial charge on any atom is 0.0880 e. The second-order valence-electron chi connectivity index (χ2n) is 4.22. The Kier molecular flexibility index (Phi) is 5.91. The highest BCUT2D eigenvalue weighted by Gasteiger charge is 2.16. The minimum absolute atomic E-state index is 0.213. The average molecular weight is 213 g/mol. The van der Waals surface area contributed by atoms with E-state index in [-0.39, 0.29) is 6.10 Å². The molecule has 0 aromatic rings. The van der Waals surface area contributed by atoms with E-state index in [0.717, 1.165) is 39.3 Å². The highest BCUT2D eigenvalue weighted by atomic mass is 16.5. The van der Waals surface area contributed by atoms with Crippen LogP contribution in [0.1, 0.15) is 20.3 Å². The third-order valence-electron chi connectivity index (χ3n) is 2.51. The second kappa shape index (κ2) is 6.99. The summed E-state index contributed by atoms with van der Waals surface area (Å²) in [5, 5.41) is 0. The molecule has 0 aromatic carbocycles. The fourth-order valence-electron chi connectivity index (χ4n) is 1.68. The van der Waals surface area contributed by atoms with E-state index in [1.807, 2.05) is 6.08 Å². The van der Waals surface area contributed by atoms with Crippen LogP contribution in [0.3, 0.4) is 0 Å². The molecule has 3 nitrogen and oxygen atoms in total.